The van der Waals surface area contributed by atoms with Gasteiger partial charge in [-0.2, -0.15) is 0 Å². The molecule has 2 N–H and O–H groups in total. The van der Waals surface area contributed by atoms with Gasteiger partial charge in [-0.05, 0) is 6.07 Å². The van der Waals surface area contributed by atoms with Gasteiger partial charge >= 0.3 is 0 Å². The summed E-state index contributed by atoms with van der Waals surface area (Å²) in [6, 6.07) is 10.6. The predicted molar refractivity (Wildman–Crippen MR) is 63.6 cm³/mol. The summed E-state index contributed by atoms with van der Waals surface area (Å²) in [5, 5.41) is 0.467. The third-order valence-corrected chi connectivity index (χ3v) is 3.10. The van der Waals surface area contributed by atoms with Crippen LogP contribution in [0.3, 0.4) is 0 Å². The molecule has 4 heteroatoms. The second-order valence-electron chi connectivity index (χ2n) is 3.02. The van der Waals surface area contributed by atoms with Crippen LogP contribution in [0, 0.1) is 0 Å². The molecule has 2 rings (SSSR count). The molecule has 0 aliphatic rings. The SMILES string of the molecule is Nc1sc(Cl)cc1C(=O)c1ccccc1. The molecule has 1 aromatic heterocycles. The molecular weight excluding hydrogens is 230 g/mol. The number of rotatable bonds is 2. The monoisotopic (exact) mass is 237 g/mol. The van der Waals surface area contributed by atoms with Crippen molar-refractivity contribution >= 4 is 33.7 Å². The van der Waals surface area contributed by atoms with Crippen molar-refractivity contribution in [2.75, 3.05) is 5.73 Å². The third-order valence-electron chi connectivity index (χ3n) is 2.01. The van der Waals surface area contributed by atoms with Gasteiger partial charge in [0.1, 0.15) is 0 Å². The number of hydrogen-bond donors (Lipinski definition) is 1. The van der Waals surface area contributed by atoms with Crippen LogP contribution in [0.5, 0.6) is 0 Å². The molecule has 0 saturated carbocycles. The Kier molecular flexibility index (Phi) is 2.75. The molecule has 2 nitrogen and oxygen atoms in total. The first-order valence-corrected chi connectivity index (χ1v) is 5.52. The molecule has 76 valence electrons. The maximum Gasteiger partial charge on any atom is 0.196 e. The van der Waals surface area contributed by atoms with Gasteiger partial charge in [-0.25, -0.2) is 0 Å². The number of carbonyl (C=O) groups is 1. The van der Waals surface area contributed by atoms with E-state index in [0.717, 1.165) is 0 Å². The van der Waals surface area contributed by atoms with Crippen LogP contribution in [0.25, 0.3) is 0 Å². The normalized spacial score (nSPS) is 10.2. The Morgan fingerprint density at radius 3 is 2.47 bits per heavy atom. The van der Waals surface area contributed by atoms with Crippen LogP contribution in [-0.4, -0.2) is 5.78 Å². The fourth-order valence-electron chi connectivity index (χ4n) is 1.30. The summed E-state index contributed by atoms with van der Waals surface area (Å²) in [6.07, 6.45) is 0. The van der Waals surface area contributed by atoms with Crippen LogP contribution in [-0.2, 0) is 0 Å². The van der Waals surface area contributed by atoms with Crippen molar-refractivity contribution in [3.63, 3.8) is 0 Å². The number of ketones is 1. The molecule has 0 radical (unpaired) electrons. The zero-order valence-corrected chi connectivity index (χ0v) is 9.31. The van der Waals surface area contributed by atoms with Gasteiger partial charge < -0.3 is 5.73 Å². The molecular formula is C11H8ClNOS. The molecule has 0 aliphatic carbocycles. The van der Waals surface area contributed by atoms with Gasteiger partial charge in [0.05, 0.1) is 14.9 Å². The highest BCUT2D eigenvalue weighted by molar-refractivity contribution is 7.20. The summed E-state index contributed by atoms with van der Waals surface area (Å²) in [6.45, 7) is 0. The quantitative estimate of drug-likeness (QED) is 0.815. The average molecular weight is 238 g/mol. The molecule has 0 bridgehead atoms. The summed E-state index contributed by atoms with van der Waals surface area (Å²) in [4.78, 5) is 11.9. The second-order valence-corrected chi connectivity index (χ2v) is 4.74. The van der Waals surface area contributed by atoms with Crippen LogP contribution in [0.15, 0.2) is 36.4 Å². The van der Waals surface area contributed by atoms with E-state index in [4.69, 9.17) is 17.3 Å². The average Bonchev–Trinajstić information content (AvgIpc) is 2.58. The molecule has 2 aromatic rings. The Morgan fingerprint density at radius 2 is 1.93 bits per heavy atom. The van der Waals surface area contributed by atoms with Crippen molar-refractivity contribution in [1.82, 2.24) is 0 Å². The van der Waals surface area contributed by atoms with Crippen molar-refractivity contribution in [1.29, 1.82) is 0 Å². The number of hydrogen-bond acceptors (Lipinski definition) is 3. The lowest BCUT2D eigenvalue weighted by atomic mass is 10.1. The Labute approximate surface area is 96.3 Å². The molecule has 0 amide bonds. The van der Waals surface area contributed by atoms with Gasteiger partial charge in [0, 0.05) is 5.56 Å². The number of benzene rings is 1. The van der Waals surface area contributed by atoms with Gasteiger partial charge in [-0.1, -0.05) is 41.9 Å². The Bertz CT molecular complexity index is 493. The maximum atomic E-state index is 11.9. The van der Waals surface area contributed by atoms with Gasteiger partial charge in [0.25, 0.3) is 0 Å². The van der Waals surface area contributed by atoms with Gasteiger partial charge in [0.2, 0.25) is 0 Å². The predicted octanol–water partition coefficient (Wildman–Crippen LogP) is 3.21. The molecule has 0 unspecified atom stereocenters. The lowest BCUT2D eigenvalue weighted by Crippen LogP contribution is -2.01. The smallest absolute Gasteiger partial charge is 0.196 e. The molecule has 1 heterocycles. The first-order valence-electron chi connectivity index (χ1n) is 4.33. The lowest BCUT2D eigenvalue weighted by Gasteiger charge is -1.98. The van der Waals surface area contributed by atoms with E-state index in [1.807, 2.05) is 18.2 Å². The van der Waals surface area contributed by atoms with Crippen LogP contribution < -0.4 is 5.73 Å². The molecule has 1 aromatic carbocycles. The Morgan fingerprint density at radius 1 is 1.27 bits per heavy atom. The summed E-state index contributed by atoms with van der Waals surface area (Å²) in [5.74, 6) is -0.0868. The van der Waals surface area contributed by atoms with Crippen LogP contribution in [0.2, 0.25) is 4.34 Å². The summed E-state index contributed by atoms with van der Waals surface area (Å²) < 4.78 is 0.534. The van der Waals surface area contributed by atoms with Crippen molar-refractivity contribution < 1.29 is 4.79 Å². The summed E-state index contributed by atoms with van der Waals surface area (Å²) in [7, 11) is 0. The number of carbonyl (C=O) groups excluding carboxylic acids is 1. The van der Waals surface area contributed by atoms with Gasteiger partial charge in [-0.3, -0.25) is 4.79 Å². The zero-order chi connectivity index (χ0) is 10.8. The lowest BCUT2D eigenvalue weighted by molar-refractivity contribution is 0.104. The maximum absolute atomic E-state index is 11.9. The third kappa shape index (κ3) is 2.03. The molecule has 0 fully saturated rings. The van der Waals surface area contributed by atoms with E-state index in [1.54, 1.807) is 18.2 Å². The van der Waals surface area contributed by atoms with E-state index in [9.17, 15) is 4.79 Å². The molecule has 0 spiro atoms. The van der Waals surface area contributed by atoms with Crippen molar-refractivity contribution in [3.05, 3.63) is 51.9 Å². The molecule has 0 aliphatic heterocycles. The van der Waals surface area contributed by atoms with Crippen LogP contribution in [0.4, 0.5) is 5.00 Å². The standard InChI is InChI=1S/C11H8ClNOS/c12-9-6-8(11(13)15-9)10(14)7-4-2-1-3-5-7/h1-6H,13H2. The molecule has 0 saturated heterocycles. The summed E-state index contributed by atoms with van der Waals surface area (Å²) in [5.41, 5.74) is 6.80. The fourth-order valence-corrected chi connectivity index (χ4v) is 2.30. The number of anilines is 1. The van der Waals surface area contributed by atoms with Crippen LogP contribution in [0.1, 0.15) is 15.9 Å². The largest absolute Gasteiger partial charge is 0.390 e. The minimum Gasteiger partial charge on any atom is -0.390 e. The number of nitrogens with two attached hydrogens (primary N) is 1. The second kappa shape index (κ2) is 4.04. The highest BCUT2D eigenvalue weighted by Crippen LogP contribution is 2.30. The number of halogens is 1. The van der Waals surface area contributed by atoms with E-state index in [-0.39, 0.29) is 5.78 Å². The van der Waals surface area contributed by atoms with E-state index < -0.39 is 0 Å². The topological polar surface area (TPSA) is 43.1 Å². The van der Waals surface area contributed by atoms with E-state index in [1.165, 1.54) is 11.3 Å². The highest BCUT2D eigenvalue weighted by Gasteiger charge is 2.14. The molecule has 0 atom stereocenters. The van der Waals surface area contributed by atoms with Gasteiger partial charge in [0.15, 0.2) is 5.78 Å². The Hall–Kier alpha value is -1.32. The van der Waals surface area contributed by atoms with Gasteiger partial charge in [-0.15, -0.1) is 11.3 Å². The first kappa shape index (κ1) is 10.2. The summed E-state index contributed by atoms with van der Waals surface area (Å²) >= 11 is 7.00. The molecule has 15 heavy (non-hydrogen) atoms. The van der Waals surface area contributed by atoms with Crippen molar-refractivity contribution in [2.24, 2.45) is 0 Å². The van der Waals surface area contributed by atoms with E-state index in [0.29, 0.717) is 20.5 Å². The minimum atomic E-state index is -0.0868. The minimum absolute atomic E-state index is 0.0868. The number of thiophene rings is 1. The van der Waals surface area contributed by atoms with Crippen molar-refractivity contribution in [3.8, 4) is 0 Å². The fraction of sp³-hybridized carbons (Fsp3) is 0. The first-order chi connectivity index (χ1) is 7.18. The number of nitrogen functional groups attached to an aromatic ring is 1. The van der Waals surface area contributed by atoms with E-state index in [2.05, 4.69) is 0 Å². The van der Waals surface area contributed by atoms with Crippen molar-refractivity contribution in [2.45, 2.75) is 0 Å². The highest BCUT2D eigenvalue weighted by atomic mass is 35.5. The zero-order valence-electron chi connectivity index (χ0n) is 7.74. The van der Waals surface area contributed by atoms with Crippen LogP contribution >= 0.6 is 22.9 Å². The van der Waals surface area contributed by atoms with E-state index >= 15 is 0 Å². The Balaban J connectivity index is 2.41.